The number of nitrogens with one attached hydrogen (secondary N) is 1. The predicted octanol–water partition coefficient (Wildman–Crippen LogP) is 0.632. The number of aromatic nitrogens is 2. The molecular weight excluding hydrogens is 256 g/mol. The number of rotatable bonds is 7. The van der Waals surface area contributed by atoms with Crippen LogP contribution in [0.5, 0.6) is 0 Å². The third-order valence-electron chi connectivity index (χ3n) is 3.45. The maximum absolute atomic E-state index is 11.9. The average molecular weight is 280 g/mol. The van der Waals surface area contributed by atoms with Crippen molar-refractivity contribution in [3.63, 3.8) is 0 Å². The number of aryl methyl sites for hydroxylation is 1. The van der Waals surface area contributed by atoms with Gasteiger partial charge in [-0.1, -0.05) is 6.92 Å². The first-order valence-electron chi connectivity index (χ1n) is 7.36. The lowest BCUT2D eigenvalue weighted by Gasteiger charge is -2.26. The third-order valence-corrected chi connectivity index (χ3v) is 3.45. The maximum atomic E-state index is 11.9. The van der Waals surface area contributed by atoms with E-state index in [4.69, 9.17) is 4.74 Å². The molecule has 0 radical (unpaired) electrons. The molecule has 1 aromatic rings. The van der Waals surface area contributed by atoms with Crippen LogP contribution >= 0.6 is 0 Å². The molecule has 1 aromatic heterocycles. The van der Waals surface area contributed by atoms with Crippen molar-refractivity contribution in [2.45, 2.75) is 32.9 Å². The summed E-state index contributed by atoms with van der Waals surface area (Å²) in [5.41, 5.74) is 1.17. The van der Waals surface area contributed by atoms with Gasteiger partial charge in [-0.3, -0.25) is 4.79 Å². The molecule has 2 heterocycles. The summed E-state index contributed by atoms with van der Waals surface area (Å²) in [5, 5.41) is 3.32. The normalized spacial score (nSPS) is 15.6. The van der Waals surface area contributed by atoms with Crippen molar-refractivity contribution in [3.8, 4) is 0 Å². The van der Waals surface area contributed by atoms with Gasteiger partial charge in [0.1, 0.15) is 0 Å². The number of nitrogens with zero attached hydrogens (tertiary/aromatic N) is 3. The summed E-state index contributed by atoms with van der Waals surface area (Å²) >= 11 is 0. The second-order valence-corrected chi connectivity index (χ2v) is 5.00. The summed E-state index contributed by atoms with van der Waals surface area (Å²) < 4.78 is 7.39. The Morgan fingerprint density at radius 3 is 3.00 bits per heavy atom. The van der Waals surface area contributed by atoms with Crippen LogP contribution in [-0.2, 0) is 22.6 Å². The van der Waals surface area contributed by atoms with Gasteiger partial charge < -0.3 is 19.5 Å². The number of carbonyl (C=O) groups excluding carboxylic acids is 1. The molecule has 0 bridgehead atoms. The topological polar surface area (TPSA) is 59.4 Å². The first-order chi connectivity index (χ1) is 9.81. The molecule has 1 aliphatic rings. The standard InChI is InChI=1S/C14H24N4O2/c1-2-5-18-12-16-11-13(18)10-15-4-3-14(19)17-6-8-20-9-7-17/h11-12,15H,2-10H2,1H3. The Balaban J connectivity index is 1.65. The molecule has 1 saturated heterocycles. The number of hydrogen-bond donors (Lipinski definition) is 1. The summed E-state index contributed by atoms with van der Waals surface area (Å²) in [6.07, 6.45) is 5.38. The van der Waals surface area contributed by atoms with Crippen molar-refractivity contribution in [2.75, 3.05) is 32.8 Å². The van der Waals surface area contributed by atoms with Crippen LogP contribution in [0.3, 0.4) is 0 Å². The van der Waals surface area contributed by atoms with Gasteiger partial charge in [-0.2, -0.15) is 0 Å². The zero-order valence-corrected chi connectivity index (χ0v) is 12.2. The van der Waals surface area contributed by atoms with Crippen molar-refractivity contribution in [1.82, 2.24) is 19.8 Å². The molecular formula is C14H24N4O2. The molecule has 1 fully saturated rings. The van der Waals surface area contributed by atoms with E-state index < -0.39 is 0 Å². The molecule has 1 amide bonds. The monoisotopic (exact) mass is 280 g/mol. The molecule has 0 unspecified atom stereocenters. The van der Waals surface area contributed by atoms with Gasteiger partial charge in [0, 0.05) is 45.3 Å². The van der Waals surface area contributed by atoms with Crippen LogP contribution < -0.4 is 5.32 Å². The Bertz CT molecular complexity index is 413. The fraction of sp³-hybridized carbons (Fsp3) is 0.714. The number of amides is 1. The van der Waals surface area contributed by atoms with Crippen LogP contribution in [0.25, 0.3) is 0 Å². The lowest BCUT2D eigenvalue weighted by molar-refractivity contribution is -0.135. The average Bonchev–Trinajstić information content (AvgIpc) is 2.92. The van der Waals surface area contributed by atoms with E-state index >= 15 is 0 Å². The van der Waals surface area contributed by atoms with Crippen LogP contribution in [0.4, 0.5) is 0 Å². The minimum Gasteiger partial charge on any atom is -0.378 e. The van der Waals surface area contributed by atoms with E-state index in [2.05, 4.69) is 21.8 Å². The molecule has 6 heteroatoms. The van der Waals surface area contributed by atoms with E-state index in [0.717, 1.165) is 32.6 Å². The Kier molecular flexibility index (Phi) is 6.01. The zero-order valence-electron chi connectivity index (χ0n) is 12.2. The van der Waals surface area contributed by atoms with Crippen LogP contribution in [0.1, 0.15) is 25.5 Å². The second-order valence-electron chi connectivity index (χ2n) is 5.00. The third kappa shape index (κ3) is 4.31. The molecule has 0 atom stereocenters. The van der Waals surface area contributed by atoms with Crippen LogP contribution in [0.15, 0.2) is 12.5 Å². The Morgan fingerprint density at radius 2 is 2.25 bits per heavy atom. The summed E-state index contributed by atoms with van der Waals surface area (Å²) in [6.45, 7) is 7.38. The maximum Gasteiger partial charge on any atom is 0.224 e. The Labute approximate surface area is 120 Å². The van der Waals surface area contributed by atoms with Gasteiger partial charge in [0.25, 0.3) is 0 Å². The molecule has 20 heavy (non-hydrogen) atoms. The van der Waals surface area contributed by atoms with Crippen LogP contribution in [-0.4, -0.2) is 53.2 Å². The summed E-state index contributed by atoms with van der Waals surface area (Å²) in [6, 6.07) is 0. The van der Waals surface area contributed by atoms with Gasteiger partial charge >= 0.3 is 0 Å². The van der Waals surface area contributed by atoms with Crippen LogP contribution in [0, 0.1) is 0 Å². The fourth-order valence-electron chi connectivity index (χ4n) is 2.32. The van der Waals surface area contributed by atoms with Crippen molar-refractivity contribution in [1.29, 1.82) is 0 Å². The lowest BCUT2D eigenvalue weighted by atomic mass is 10.3. The molecule has 0 saturated carbocycles. The second kappa shape index (κ2) is 8.01. The molecule has 0 aliphatic carbocycles. The highest BCUT2D eigenvalue weighted by Crippen LogP contribution is 2.02. The highest BCUT2D eigenvalue weighted by atomic mass is 16.5. The Morgan fingerprint density at radius 1 is 1.45 bits per heavy atom. The number of imidazole rings is 1. The summed E-state index contributed by atoms with van der Waals surface area (Å²) in [4.78, 5) is 18.0. The Hall–Kier alpha value is -1.40. The van der Waals surface area contributed by atoms with Gasteiger partial charge in [-0.25, -0.2) is 4.98 Å². The van der Waals surface area contributed by atoms with Gasteiger partial charge in [-0.05, 0) is 6.42 Å². The highest BCUT2D eigenvalue weighted by molar-refractivity contribution is 5.76. The van der Waals surface area contributed by atoms with Gasteiger partial charge in [0.2, 0.25) is 5.91 Å². The summed E-state index contributed by atoms with van der Waals surface area (Å²) in [7, 11) is 0. The number of morpholine rings is 1. The minimum atomic E-state index is 0.211. The van der Waals surface area contributed by atoms with Crippen molar-refractivity contribution in [2.24, 2.45) is 0 Å². The fourth-order valence-corrected chi connectivity index (χ4v) is 2.32. The molecule has 1 aliphatic heterocycles. The van der Waals surface area contributed by atoms with Crippen molar-refractivity contribution >= 4 is 5.91 Å². The zero-order chi connectivity index (χ0) is 14.2. The predicted molar refractivity (Wildman–Crippen MR) is 76.2 cm³/mol. The molecule has 1 N–H and O–H groups in total. The highest BCUT2D eigenvalue weighted by Gasteiger charge is 2.15. The largest absolute Gasteiger partial charge is 0.378 e. The number of hydrogen-bond acceptors (Lipinski definition) is 4. The molecule has 0 aromatic carbocycles. The van der Waals surface area contributed by atoms with E-state index in [1.165, 1.54) is 5.69 Å². The molecule has 0 spiro atoms. The first kappa shape index (κ1) is 15.0. The SMILES string of the molecule is CCCn1cncc1CNCCC(=O)N1CCOCC1. The lowest BCUT2D eigenvalue weighted by Crippen LogP contribution is -2.41. The van der Waals surface area contributed by atoms with E-state index in [9.17, 15) is 4.79 Å². The first-order valence-corrected chi connectivity index (χ1v) is 7.36. The number of ether oxygens (including phenoxy) is 1. The quantitative estimate of drug-likeness (QED) is 0.744. The van der Waals surface area contributed by atoms with Gasteiger partial charge in [0.15, 0.2) is 0 Å². The molecule has 2 rings (SSSR count). The summed E-state index contributed by atoms with van der Waals surface area (Å²) in [5.74, 6) is 0.211. The van der Waals surface area contributed by atoms with E-state index in [1.807, 2.05) is 17.4 Å². The van der Waals surface area contributed by atoms with Gasteiger partial charge in [0.05, 0.1) is 25.2 Å². The minimum absolute atomic E-state index is 0.211. The molecule has 112 valence electrons. The van der Waals surface area contributed by atoms with Gasteiger partial charge in [-0.15, -0.1) is 0 Å². The van der Waals surface area contributed by atoms with E-state index in [0.29, 0.717) is 26.2 Å². The smallest absolute Gasteiger partial charge is 0.224 e. The van der Waals surface area contributed by atoms with Crippen LogP contribution in [0.2, 0.25) is 0 Å². The number of carbonyl (C=O) groups is 1. The molecule has 6 nitrogen and oxygen atoms in total. The van der Waals surface area contributed by atoms with E-state index in [1.54, 1.807) is 0 Å². The van der Waals surface area contributed by atoms with Crippen molar-refractivity contribution < 1.29 is 9.53 Å². The van der Waals surface area contributed by atoms with Crippen molar-refractivity contribution in [3.05, 3.63) is 18.2 Å². The van der Waals surface area contributed by atoms with E-state index in [-0.39, 0.29) is 5.91 Å².